The van der Waals surface area contributed by atoms with Gasteiger partial charge in [-0.2, -0.15) is 0 Å². The monoisotopic (exact) mass is 265 g/mol. The lowest BCUT2D eigenvalue weighted by Gasteiger charge is -2.08. The topological polar surface area (TPSA) is 43.1 Å². The molecule has 0 radical (unpaired) electrons. The maximum Gasteiger partial charge on any atom is 0.195 e. The lowest BCUT2D eigenvalue weighted by molar-refractivity contribution is 0.104. The van der Waals surface area contributed by atoms with Crippen molar-refractivity contribution < 1.29 is 9.18 Å². The Balaban J connectivity index is 2.21. The summed E-state index contributed by atoms with van der Waals surface area (Å²) >= 11 is 0. The molecule has 3 heteroatoms. The average molecular weight is 265 g/mol. The van der Waals surface area contributed by atoms with Crippen LogP contribution in [0, 0.1) is 5.82 Å². The van der Waals surface area contributed by atoms with Gasteiger partial charge in [0.2, 0.25) is 0 Å². The Morgan fingerprint density at radius 3 is 2.35 bits per heavy atom. The van der Waals surface area contributed by atoms with Gasteiger partial charge in [0.05, 0.1) is 5.69 Å². The standard InChI is InChI=1S/C17H12FNO/c18-15-10-4-9-14(16(15)19)17(20)13-8-3-6-11-5-1-2-7-12(11)13/h1-10H,19H2. The second-order valence-corrected chi connectivity index (χ2v) is 4.56. The molecular weight excluding hydrogens is 253 g/mol. The van der Waals surface area contributed by atoms with Gasteiger partial charge in [-0.15, -0.1) is 0 Å². The van der Waals surface area contributed by atoms with Crippen LogP contribution in [0.4, 0.5) is 10.1 Å². The first-order valence-electron chi connectivity index (χ1n) is 6.25. The molecule has 3 aromatic rings. The second kappa shape index (κ2) is 4.78. The van der Waals surface area contributed by atoms with E-state index in [1.807, 2.05) is 36.4 Å². The maximum absolute atomic E-state index is 13.5. The van der Waals surface area contributed by atoms with Crippen LogP contribution >= 0.6 is 0 Å². The summed E-state index contributed by atoms with van der Waals surface area (Å²) in [4.78, 5) is 12.6. The third-order valence-corrected chi connectivity index (χ3v) is 3.33. The largest absolute Gasteiger partial charge is 0.396 e. The number of carbonyl (C=O) groups excluding carboxylic acids is 1. The van der Waals surface area contributed by atoms with Crippen LogP contribution in [0.3, 0.4) is 0 Å². The fraction of sp³-hybridized carbons (Fsp3) is 0. The van der Waals surface area contributed by atoms with Crippen molar-refractivity contribution in [1.29, 1.82) is 0 Å². The number of halogens is 1. The summed E-state index contributed by atoms with van der Waals surface area (Å²) in [6, 6.07) is 17.3. The summed E-state index contributed by atoms with van der Waals surface area (Å²) in [7, 11) is 0. The molecule has 0 bridgehead atoms. The minimum absolute atomic E-state index is 0.106. The highest BCUT2D eigenvalue weighted by Crippen LogP contribution is 2.24. The van der Waals surface area contributed by atoms with E-state index in [2.05, 4.69) is 0 Å². The zero-order valence-corrected chi connectivity index (χ0v) is 10.6. The molecule has 20 heavy (non-hydrogen) atoms. The summed E-state index contributed by atoms with van der Waals surface area (Å²) in [6.45, 7) is 0. The molecule has 0 aliphatic rings. The Kier molecular flexibility index (Phi) is 2.95. The fourth-order valence-corrected chi connectivity index (χ4v) is 2.30. The number of nitrogens with two attached hydrogens (primary N) is 1. The highest BCUT2D eigenvalue weighted by atomic mass is 19.1. The van der Waals surface area contributed by atoms with Gasteiger partial charge >= 0.3 is 0 Å². The number of nitrogen functional groups attached to an aromatic ring is 1. The van der Waals surface area contributed by atoms with Crippen LogP contribution in [0.1, 0.15) is 15.9 Å². The molecule has 3 aromatic carbocycles. The van der Waals surface area contributed by atoms with E-state index in [9.17, 15) is 9.18 Å². The van der Waals surface area contributed by atoms with E-state index in [0.717, 1.165) is 10.8 Å². The molecule has 0 aliphatic carbocycles. The van der Waals surface area contributed by atoms with Crippen LogP contribution in [0.15, 0.2) is 60.7 Å². The predicted molar refractivity (Wildman–Crippen MR) is 78.2 cm³/mol. The van der Waals surface area contributed by atoms with Gasteiger partial charge in [0.25, 0.3) is 0 Å². The van der Waals surface area contributed by atoms with Crippen LogP contribution in [0.5, 0.6) is 0 Å². The second-order valence-electron chi connectivity index (χ2n) is 4.56. The minimum Gasteiger partial charge on any atom is -0.396 e. The maximum atomic E-state index is 13.5. The van der Waals surface area contributed by atoms with Gasteiger partial charge in [-0.3, -0.25) is 4.79 Å². The fourth-order valence-electron chi connectivity index (χ4n) is 2.30. The van der Waals surface area contributed by atoms with Crippen molar-refractivity contribution in [2.45, 2.75) is 0 Å². The van der Waals surface area contributed by atoms with Gasteiger partial charge in [0, 0.05) is 11.1 Å². The number of benzene rings is 3. The molecule has 0 aromatic heterocycles. The lowest BCUT2D eigenvalue weighted by atomic mass is 9.96. The third-order valence-electron chi connectivity index (χ3n) is 3.33. The highest BCUT2D eigenvalue weighted by molar-refractivity contribution is 6.18. The van der Waals surface area contributed by atoms with Gasteiger partial charge in [0.15, 0.2) is 5.78 Å². The smallest absolute Gasteiger partial charge is 0.195 e. The van der Waals surface area contributed by atoms with E-state index in [4.69, 9.17) is 5.73 Å². The van der Waals surface area contributed by atoms with Crippen LogP contribution in [-0.2, 0) is 0 Å². The number of hydrogen-bond acceptors (Lipinski definition) is 2. The van der Waals surface area contributed by atoms with Crippen molar-refractivity contribution in [3.63, 3.8) is 0 Å². The van der Waals surface area contributed by atoms with Gasteiger partial charge in [-0.25, -0.2) is 4.39 Å². The first-order chi connectivity index (χ1) is 9.68. The van der Waals surface area contributed by atoms with E-state index < -0.39 is 5.82 Å². The Bertz CT molecular complexity index is 806. The van der Waals surface area contributed by atoms with Crippen molar-refractivity contribution >= 4 is 22.2 Å². The lowest BCUT2D eigenvalue weighted by Crippen LogP contribution is -2.07. The Labute approximate surface area is 115 Å². The molecule has 2 N–H and O–H groups in total. The number of anilines is 1. The molecule has 0 unspecified atom stereocenters. The number of hydrogen-bond donors (Lipinski definition) is 1. The summed E-state index contributed by atoms with van der Waals surface area (Å²) in [6.07, 6.45) is 0. The molecule has 0 spiro atoms. The van der Waals surface area contributed by atoms with Crippen molar-refractivity contribution in [2.24, 2.45) is 0 Å². The first-order valence-corrected chi connectivity index (χ1v) is 6.25. The van der Waals surface area contributed by atoms with E-state index in [1.165, 1.54) is 12.1 Å². The van der Waals surface area contributed by atoms with Crippen LogP contribution < -0.4 is 5.73 Å². The zero-order valence-electron chi connectivity index (χ0n) is 10.6. The highest BCUT2D eigenvalue weighted by Gasteiger charge is 2.16. The Morgan fingerprint density at radius 1 is 0.850 bits per heavy atom. The molecule has 0 heterocycles. The van der Waals surface area contributed by atoms with E-state index in [1.54, 1.807) is 12.1 Å². The van der Waals surface area contributed by atoms with E-state index in [0.29, 0.717) is 5.56 Å². The normalized spacial score (nSPS) is 10.7. The third kappa shape index (κ3) is 1.93. The van der Waals surface area contributed by atoms with E-state index in [-0.39, 0.29) is 17.0 Å². The summed E-state index contributed by atoms with van der Waals surface area (Å²) in [5.41, 5.74) is 6.29. The number of fused-ring (bicyclic) bond motifs is 1. The molecule has 0 saturated heterocycles. The first kappa shape index (κ1) is 12.4. The Hall–Kier alpha value is -2.68. The Morgan fingerprint density at radius 2 is 1.50 bits per heavy atom. The van der Waals surface area contributed by atoms with Crippen molar-refractivity contribution in [3.05, 3.63) is 77.6 Å². The van der Waals surface area contributed by atoms with Crippen molar-refractivity contribution in [3.8, 4) is 0 Å². The average Bonchev–Trinajstić information content (AvgIpc) is 2.49. The molecule has 2 nitrogen and oxygen atoms in total. The number of rotatable bonds is 2. The summed E-state index contributed by atoms with van der Waals surface area (Å²) < 4.78 is 13.5. The molecule has 0 amide bonds. The van der Waals surface area contributed by atoms with Gasteiger partial charge in [-0.1, -0.05) is 48.5 Å². The quantitative estimate of drug-likeness (QED) is 0.566. The summed E-state index contributed by atoms with van der Waals surface area (Å²) in [5.74, 6) is -0.838. The van der Waals surface area contributed by atoms with Crippen LogP contribution in [-0.4, -0.2) is 5.78 Å². The molecular formula is C17H12FNO. The zero-order chi connectivity index (χ0) is 14.1. The van der Waals surface area contributed by atoms with Gasteiger partial charge < -0.3 is 5.73 Å². The molecule has 3 rings (SSSR count). The molecule has 0 fully saturated rings. The molecule has 98 valence electrons. The van der Waals surface area contributed by atoms with Crippen LogP contribution in [0.25, 0.3) is 10.8 Å². The predicted octanol–water partition coefficient (Wildman–Crippen LogP) is 3.79. The molecule has 0 aliphatic heterocycles. The number of carbonyl (C=O) groups is 1. The van der Waals surface area contributed by atoms with Crippen molar-refractivity contribution in [1.82, 2.24) is 0 Å². The summed E-state index contributed by atoms with van der Waals surface area (Å²) in [5, 5.41) is 1.80. The van der Waals surface area contributed by atoms with Crippen molar-refractivity contribution in [2.75, 3.05) is 5.73 Å². The van der Waals surface area contributed by atoms with Crippen LogP contribution in [0.2, 0.25) is 0 Å². The SMILES string of the molecule is Nc1c(F)cccc1C(=O)c1cccc2ccccc12. The minimum atomic E-state index is -0.573. The van der Waals surface area contributed by atoms with E-state index >= 15 is 0 Å². The number of para-hydroxylation sites is 1. The molecule has 0 atom stereocenters. The van der Waals surface area contributed by atoms with Gasteiger partial charge in [0.1, 0.15) is 5.82 Å². The number of ketones is 1. The van der Waals surface area contributed by atoms with Gasteiger partial charge in [-0.05, 0) is 22.9 Å². The molecule has 0 saturated carbocycles.